The molecule has 1 N–H and O–H groups in total. The van der Waals surface area contributed by atoms with Crippen molar-refractivity contribution in [2.75, 3.05) is 13.7 Å². The van der Waals surface area contributed by atoms with Gasteiger partial charge in [0.2, 0.25) is 0 Å². The van der Waals surface area contributed by atoms with Crippen molar-refractivity contribution in [2.45, 2.75) is 51.3 Å². The van der Waals surface area contributed by atoms with Crippen LogP contribution >= 0.6 is 0 Å². The molecule has 0 radical (unpaired) electrons. The molecule has 0 spiro atoms. The van der Waals surface area contributed by atoms with Crippen LogP contribution in [0.4, 0.5) is 0 Å². The van der Waals surface area contributed by atoms with E-state index in [4.69, 9.17) is 9.47 Å². The molecular formula is C11H21NO3. The number of hydrogen-bond donors (Lipinski definition) is 1. The number of rotatable bonds is 6. The van der Waals surface area contributed by atoms with Crippen molar-refractivity contribution in [2.24, 2.45) is 0 Å². The molecule has 1 rings (SSSR count). The molecule has 0 bridgehead atoms. The molecule has 1 saturated carbocycles. The summed E-state index contributed by atoms with van der Waals surface area (Å²) in [5.74, 6) is -0.138. The lowest BCUT2D eigenvalue weighted by atomic mass is 9.88. The van der Waals surface area contributed by atoms with E-state index in [-0.39, 0.29) is 12.0 Å². The van der Waals surface area contributed by atoms with Crippen molar-refractivity contribution >= 4 is 5.97 Å². The van der Waals surface area contributed by atoms with Crippen LogP contribution in [0.3, 0.4) is 0 Å². The van der Waals surface area contributed by atoms with E-state index in [2.05, 4.69) is 5.32 Å². The molecule has 88 valence electrons. The van der Waals surface area contributed by atoms with Gasteiger partial charge in [-0.2, -0.15) is 0 Å². The SMILES string of the molecule is CCOC(=O)C(CC)NC1CC(OC)C1. The summed E-state index contributed by atoms with van der Waals surface area (Å²) < 4.78 is 10.2. The van der Waals surface area contributed by atoms with E-state index in [9.17, 15) is 4.79 Å². The Labute approximate surface area is 91.3 Å². The third kappa shape index (κ3) is 3.47. The first kappa shape index (κ1) is 12.5. The molecule has 0 amide bonds. The van der Waals surface area contributed by atoms with Gasteiger partial charge in [0.1, 0.15) is 6.04 Å². The maximum absolute atomic E-state index is 11.5. The number of esters is 1. The van der Waals surface area contributed by atoms with E-state index in [1.165, 1.54) is 0 Å². The molecule has 4 heteroatoms. The molecule has 1 aliphatic rings. The fourth-order valence-corrected chi connectivity index (χ4v) is 1.77. The van der Waals surface area contributed by atoms with Gasteiger partial charge in [-0.05, 0) is 26.2 Å². The summed E-state index contributed by atoms with van der Waals surface area (Å²) in [5, 5.41) is 3.30. The van der Waals surface area contributed by atoms with Crippen LogP contribution in [0.5, 0.6) is 0 Å². The third-order valence-electron chi connectivity index (χ3n) is 2.84. The first-order chi connectivity index (χ1) is 7.21. The predicted octanol–water partition coefficient (Wildman–Crippen LogP) is 1.10. The van der Waals surface area contributed by atoms with Crippen molar-refractivity contribution in [3.05, 3.63) is 0 Å². The Balaban J connectivity index is 2.25. The topological polar surface area (TPSA) is 47.6 Å². The lowest BCUT2D eigenvalue weighted by Gasteiger charge is -2.36. The maximum Gasteiger partial charge on any atom is 0.323 e. The summed E-state index contributed by atoms with van der Waals surface area (Å²) >= 11 is 0. The highest BCUT2D eigenvalue weighted by Crippen LogP contribution is 2.23. The van der Waals surface area contributed by atoms with Crippen molar-refractivity contribution in [1.29, 1.82) is 0 Å². The van der Waals surface area contributed by atoms with E-state index in [1.54, 1.807) is 7.11 Å². The summed E-state index contributed by atoms with van der Waals surface area (Å²) in [6, 6.07) is 0.247. The predicted molar refractivity (Wildman–Crippen MR) is 57.7 cm³/mol. The van der Waals surface area contributed by atoms with Crippen LogP contribution in [-0.2, 0) is 14.3 Å². The molecule has 1 unspecified atom stereocenters. The molecule has 0 saturated heterocycles. The maximum atomic E-state index is 11.5. The number of carbonyl (C=O) groups is 1. The first-order valence-corrected chi connectivity index (χ1v) is 5.66. The molecule has 1 fully saturated rings. The average molecular weight is 215 g/mol. The van der Waals surface area contributed by atoms with Gasteiger partial charge in [-0.25, -0.2) is 0 Å². The van der Waals surface area contributed by atoms with E-state index in [1.807, 2.05) is 13.8 Å². The van der Waals surface area contributed by atoms with Gasteiger partial charge in [0, 0.05) is 13.2 Å². The largest absolute Gasteiger partial charge is 0.465 e. The monoisotopic (exact) mass is 215 g/mol. The van der Waals surface area contributed by atoms with Crippen LogP contribution in [0, 0.1) is 0 Å². The Morgan fingerprint density at radius 1 is 1.47 bits per heavy atom. The highest BCUT2D eigenvalue weighted by atomic mass is 16.5. The second-order valence-corrected chi connectivity index (χ2v) is 3.91. The summed E-state index contributed by atoms with van der Waals surface area (Å²) in [4.78, 5) is 11.5. The Morgan fingerprint density at radius 3 is 2.60 bits per heavy atom. The van der Waals surface area contributed by atoms with Crippen molar-refractivity contribution in [3.8, 4) is 0 Å². The fourth-order valence-electron chi connectivity index (χ4n) is 1.77. The summed E-state index contributed by atoms with van der Waals surface area (Å²) in [7, 11) is 1.73. The van der Waals surface area contributed by atoms with E-state index < -0.39 is 0 Å². The number of nitrogens with one attached hydrogen (secondary N) is 1. The molecule has 0 aromatic rings. The first-order valence-electron chi connectivity index (χ1n) is 5.66. The molecule has 1 aliphatic carbocycles. The molecule has 0 aromatic carbocycles. The Kier molecular flexibility index (Phi) is 5.05. The molecule has 0 aromatic heterocycles. The normalized spacial score (nSPS) is 26.9. The Morgan fingerprint density at radius 2 is 2.13 bits per heavy atom. The number of ether oxygens (including phenoxy) is 2. The van der Waals surface area contributed by atoms with E-state index in [0.717, 1.165) is 19.3 Å². The van der Waals surface area contributed by atoms with Gasteiger partial charge in [0.25, 0.3) is 0 Å². The summed E-state index contributed by atoms with van der Waals surface area (Å²) in [5.41, 5.74) is 0. The molecule has 1 atom stereocenters. The Bertz CT molecular complexity index is 202. The minimum atomic E-state index is -0.159. The van der Waals surface area contributed by atoms with Crippen LogP contribution in [-0.4, -0.2) is 37.9 Å². The quantitative estimate of drug-likeness (QED) is 0.674. The van der Waals surface area contributed by atoms with Gasteiger partial charge < -0.3 is 14.8 Å². The lowest BCUT2D eigenvalue weighted by Crippen LogP contribution is -2.51. The van der Waals surface area contributed by atoms with Crippen molar-refractivity contribution < 1.29 is 14.3 Å². The van der Waals surface area contributed by atoms with Gasteiger partial charge in [-0.15, -0.1) is 0 Å². The third-order valence-corrected chi connectivity index (χ3v) is 2.84. The standard InChI is InChI=1S/C11H21NO3/c1-4-10(11(13)15-5-2)12-8-6-9(7-8)14-3/h8-10,12H,4-7H2,1-3H3. The van der Waals surface area contributed by atoms with E-state index >= 15 is 0 Å². The van der Waals surface area contributed by atoms with Crippen LogP contribution in [0.2, 0.25) is 0 Å². The number of hydrogen-bond acceptors (Lipinski definition) is 4. The highest BCUT2D eigenvalue weighted by Gasteiger charge is 2.32. The fraction of sp³-hybridized carbons (Fsp3) is 0.909. The van der Waals surface area contributed by atoms with Gasteiger partial charge in [-0.1, -0.05) is 6.92 Å². The van der Waals surface area contributed by atoms with Gasteiger partial charge in [0.05, 0.1) is 12.7 Å². The Hall–Kier alpha value is -0.610. The van der Waals surface area contributed by atoms with Crippen LogP contribution in [0.1, 0.15) is 33.1 Å². The number of methoxy groups -OCH3 is 1. The summed E-state index contributed by atoms with van der Waals surface area (Å²) in [6.45, 7) is 4.26. The molecular weight excluding hydrogens is 194 g/mol. The zero-order valence-electron chi connectivity index (χ0n) is 9.79. The van der Waals surface area contributed by atoms with Gasteiger partial charge in [0.15, 0.2) is 0 Å². The van der Waals surface area contributed by atoms with Gasteiger partial charge >= 0.3 is 5.97 Å². The van der Waals surface area contributed by atoms with E-state index in [0.29, 0.717) is 18.8 Å². The number of carbonyl (C=O) groups excluding carboxylic acids is 1. The lowest BCUT2D eigenvalue weighted by molar-refractivity contribution is -0.146. The molecule has 4 nitrogen and oxygen atoms in total. The highest BCUT2D eigenvalue weighted by molar-refractivity contribution is 5.75. The second-order valence-electron chi connectivity index (χ2n) is 3.91. The molecule has 0 aliphatic heterocycles. The van der Waals surface area contributed by atoms with Crippen LogP contribution in [0.25, 0.3) is 0 Å². The second kappa shape index (κ2) is 6.08. The zero-order valence-corrected chi connectivity index (χ0v) is 9.79. The zero-order chi connectivity index (χ0) is 11.3. The van der Waals surface area contributed by atoms with Gasteiger partial charge in [-0.3, -0.25) is 4.79 Å². The summed E-state index contributed by atoms with van der Waals surface area (Å²) in [6.07, 6.45) is 3.12. The smallest absolute Gasteiger partial charge is 0.323 e. The molecule has 0 heterocycles. The average Bonchev–Trinajstić information content (AvgIpc) is 2.16. The van der Waals surface area contributed by atoms with Crippen LogP contribution in [0.15, 0.2) is 0 Å². The van der Waals surface area contributed by atoms with Crippen LogP contribution < -0.4 is 5.32 Å². The molecule has 15 heavy (non-hydrogen) atoms. The van der Waals surface area contributed by atoms with Crippen molar-refractivity contribution in [3.63, 3.8) is 0 Å². The minimum Gasteiger partial charge on any atom is -0.465 e. The minimum absolute atomic E-state index is 0.138. The van der Waals surface area contributed by atoms with Crippen molar-refractivity contribution in [1.82, 2.24) is 5.32 Å².